The lowest BCUT2D eigenvalue weighted by molar-refractivity contribution is -0.141. The number of aryl methyl sites for hydroxylation is 2. The lowest BCUT2D eigenvalue weighted by Gasteiger charge is -2.26. The van der Waals surface area contributed by atoms with Gasteiger partial charge in [0.15, 0.2) is 0 Å². The van der Waals surface area contributed by atoms with Crippen LogP contribution in [0.1, 0.15) is 24.0 Å². The van der Waals surface area contributed by atoms with Crippen molar-refractivity contribution in [3.05, 3.63) is 169 Å². The molecule has 6 heteroatoms. The molecule has 0 spiro atoms. The maximum absolute atomic E-state index is 11.6. The van der Waals surface area contributed by atoms with Crippen LogP contribution in [0.5, 0.6) is 0 Å². The van der Waals surface area contributed by atoms with Gasteiger partial charge in [-0.1, -0.05) is 84.9 Å². The third kappa shape index (κ3) is 8.28. The van der Waals surface area contributed by atoms with Crippen molar-refractivity contribution in [2.45, 2.75) is 25.7 Å². The van der Waals surface area contributed by atoms with E-state index in [-0.39, 0.29) is 11.9 Å². The second kappa shape index (κ2) is 16.3. The second-order valence-corrected chi connectivity index (χ2v) is 11.9. The zero-order valence-corrected chi connectivity index (χ0v) is 28.4. The van der Waals surface area contributed by atoms with E-state index in [0.29, 0.717) is 25.7 Å². The topological polar surface area (TPSA) is 59.1 Å². The van der Waals surface area contributed by atoms with Crippen LogP contribution in [0.4, 0.5) is 34.1 Å². The van der Waals surface area contributed by atoms with Gasteiger partial charge in [-0.2, -0.15) is 0 Å². The summed E-state index contributed by atoms with van der Waals surface area (Å²) in [7, 11) is 2.84. The number of benzene rings is 6. The first-order valence-corrected chi connectivity index (χ1v) is 16.7. The van der Waals surface area contributed by atoms with E-state index < -0.39 is 0 Å². The van der Waals surface area contributed by atoms with Crippen LogP contribution in [0, 0.1) is 0 Å². The quantitative estimate of drug-likeness (QED) is 0.115. The summed E-state index contributed by atoms with van der Waals surface area (Å²) in [5, 5.41) is 0. The molecule has 6 aromatic rings. The molecule has 0 aliphatic heterocycles. The van der Waals surface area contributed by atoms with Gasteiger partial charge in [-0.25, -0.2) is 0 Å². The van der Waals surface area contributed by atoms with Crippen LogP contribution in [0.15, 0.2) is 158 Å². The van der Waals surface area contributed by atoms with E-state index in [2.05, 4.69) is 131 Å². The molecule has 0 aliphatic carbocycles. The fourth-order valence-electron chi connectivity index (χ4n) is 5.97. The van der Waals surface area contributed by atoms with E-state index in [4.69, 9.17) is 9.47 Å². The Bertz CT molecular complexity index is 1830. The summed E-state index contributed by atoms with van der Waals surface area (Å²) in [5.41, 5.74) is 10.7. The lowest BCUT2D eigenvalue weighted by Crippen LogP contribution is -2.10. The minimum absolute atomic E-state index is 0.206. The summed E-state index contributed by atoms with van der Waals surface area (Å²) < 4.78 is 9.60. The van der Waals surface area contributed by atoms with Crippen LogP contribution in [0.3, 0.4) is 0 Å². The summed E-state index contributed by atoms with van der Waals surface area (Å²) in [6, 6.07) is 54.6. The normalized spacial score (nSPS) is 10.7. The summed E-state index contributed by atoms with van der Waals surface area (Å²) in [4.78, 5) is 27.7. The fourth-order valence-corrected chi connectivity index (χ4v) is 5.97. The molecular weight excluding hydrogens is 620 g/mol. The molecule has 0 fully saturated rings. The van der Waals surface area contributed by atoms with E-state index in [1.165, 1.54) is 14.2 Å². The number of methoxy groups -OCH3 is 2. The van der Waals surface area contributed by atoms with E-state index >= 15 is 0 Å². The number of ether oxygens (including phenoxy) is 2. The highest BCUT2D eigenvalue weighted by Crippen LogP contribution is 2.38. The maximum Gasteiger partial charge on any atom is 0.305 e. The van der Waals surface area contributed by atoms with Crippen molar-refractivity contribution in [3.63, 3.8) is 0 Å². The molecule has 6 nitrogen and oxygen atoms in total. The average molecular weight is 661 g/mol. The molecule has 0 amide bonds. The molecule has 0 N–H and O–H groups in total. The Morgan fingerprint density at radius 3 is 0.980 bits per heavy atom. The average Bonchev–Trinajstić information content (AvgIpc) is 3.18. The molecule has 0 atom stereocenters. The first-order valence-electron chi connectivity index (χ1n) is 16.7. The molecule has 6 aromatic carbocycles. The van der Waals surface area contributed by atoms with E-state index in [1.807, 2.05) is 36.4 Å². The molecule has 0 radical (unpaired) electrons. The van der Waals surface area contributed by atoms with Gasteiger partial charge >= 0.3 is 11.9 Å². The first-order chi connectivity index (χ1) is 24.5. The number of carbonyl (C=O) groups is 2. The van der Waals surface area contributed by atoms with Crippen molar-refractivity contribution in [1.29, 1.82) is 0 Å². The summed E-state index contributed by atoms with van der Waals surface area (Å²) >= 11 is 0. The molecule has 50 heavy (non-hydrogen) atoms. The number of para-hydroxylation sites is 2. The highest BCUT2D eigenvalue weighted by molar-refractivity contribution is 5.81. The Balaban J connectivity index is 1.24. The van der Waals surface area contributed by atoms with E-state index in [1.54, 1.807) is 0 Å². The van der Waals surface area contributed by atoms with Crippen LogP contribution in [-0.4, -0.2) is 26.2 Å². The van der Waals surface area contributed by atoms with Gasteiger partial charge in [0.25, 0.3) is 0 Å². The molecule has 0 unspecified atom stereocenters. The zero-order valence-electron chi connectivity index (χ0n) is 28.4. The van der Waals surface area contributed by atoms with Crippen molar-refractivity contribution >= 4 is 46.1 Å². The van der Waals surface area contributed by atoms with Crippen LogP contribution < -0.4 is 9.80 Å². The van der Waals surface area contributed by atoms with Crippen molar-refractivity contribution < 1.29 is 19.1 Å². The second-order valence-electron chi connectivity index (χ2n) is 11.9. The minimum atomic E-state index is -0.206. The van der Waals surface area contributed by atoms with Gasteiger partial charge in [0.05, 0.1) is 14.2 Å². The largest absolute Gasteiger partial charge is 0.469 e. The van der Waals surface area contributed by atoms with Gasteiger partial charge in [0, 0.05) is 47.0 Å². The Hall–Kier alpha value is -6.14. The molecular formula is C44H40N2O4. The number of hydrogen-bond donors (Lipinski definition) is 0. The van der Waals surface area contributed by atoms with Gasteiger partial charge in [-0.05, 0) is 108 Å². The molecule has 250 valence electrons. The molecule has 0 heterocycles. The maximum atomic E-state index is 11.6. The highest BCUT2D eigenvalue weighted by Gasteiger charge is 2.15. The molecule has 0 bridgehead atoms. The standard InChI is InChI=1S/C44H40N2O4/c1-49-43(47)31-17-33-13-23-39(24-14-33)45(37-9-5-3-6-10-37)41-27-19-35(20-28-41)36-21-29-42(30-22-36)46(38-11-7-4-8-12-38)40-25-15-34(16-26-40)18-32-44(48)50-2/h3-16,19-30H,17-18,31-32H2,1-2H3. The van der Waals surface area contributed by atoms with Crippen molar-refractivity contribution in [2.75, 3.05) is 24.0 Å². The van der Waals surface area contributed by atoms with Crippen LogP contribution >= 0.6 is 0 Å². The smallest absolute Gasteiger partial charge is 0.305 e. The minimum Gasteiger partial charge on any atom is -0.469 e. The van der Waals surface area contributed by atoms with Gasteiger partial charge in [-0.15, -0.1) is 0 Å². The lowest BCUT2D eigenvalue weighted by atomic mass is 10.0. The Labute approximate surface area is 294 Å². The van der Waals surface area contributed by atoms with Crippen molar-refractivity contribution in [2.24, 2.45) is 0 Å². The SMILES string of the molecule is COC(=O)CCc1ccc(N(c2ccccc2)c2ccc(-c3ccc(N(c4ccccc4)c4ccc(CCC(=O)OC)cc4)cc3)cc2)cc1. The number of hydrogen-bond acceptors (Lipinski definition) is 6. The fraction of sp³-hybridized carbons (Fsp3) is 0.136. The van der Waals surface area contributed by atoms with Crippen LogP contribution in [0.25, 0.3) is 11.1 Å². The molecule has 0 saturated carbocycles. The number of anilines is 6. The summed E-state index contributed by atoms with van der Waals surface area (Å²) in [6.07, 6.45) is 1.99. The summed E-state index contributed by atoms with van der Waals surface area (Å²) in [6.45, 7) is 0. The third-order valence-corrected chi connectivity index (χ3v) is 8.69. The van der Waals surface area contributed by atoms with E-state index in [9.17, 15) is 9.59 Å². The molecule has 6 rings (SSSR count). The molecule has 0 aromatic heterocycles. The Kier molecular flexibility index (Phi) is 11.0. The van der Waals surface area contributed by atoms with Crippen molar-refractivity contribution in [1.82, 2.24) is 0 Å². The number of nitrogens with zero attached hydrogens (tertiary/aromatic N) is 2. The van der Waals surface area contributed by atoms with Gasteiger partial charge in [-0.3, -0.25) is 9.59 Å². The number of carbonyl (C=O) groups excluding carboxylic acids is 2. The monoisotopic (exact) mass is 660 g/mol. The van der Waals surface area contributed by atoms with Gasteiger partial charge in [0.1, 0.15) is 0 Å². The molecule has 0 saturated heterocycles. The third-order valence-electron chi connectivity index (χ3n) is 8.69. The predicted octanol–water partition coefficient (Wildman–Crippen LogP) is 10.5. The van der Waals surface area contributed by atoms with E-state index in [0.717, 1.165) is 56.4 Å². The Morgan fingerprint density at radius 2 is 0.680 bits per heavy atom. The highest BCUT2D eigenvalue weighted by atomic mass is 16.5. The first kappa shape index (κ1) is 33.7. The van der Waals surface area contributed by atoms with Crippen LogP contribution in [-0.2, 0) is 31.9 Å². The number of rotatable bonds is 13. The van der Waals surface area contributed by atoms with Gasteiger partial charge < -0.3 is 19.3 Å². The summed E-state index contributed by atoms with van der Waals surface area (Å²) in [5.74, 6) is -0.411. The predicted molar refractivity (Wildman–Crippen MR) is 202 cm³/mol. The number of esters is 2. The Morgan fingerprint density at radius 1 is 0.400 bits per heavy atom. The van der Waals surface area contributed by atoms with Gasteiger partial charge in [0.2, 0.25) is 0 Å². The molecule has 0 aliphatic rings. The van der Waals surface area contributed by atoms with Crippen LogP contribution in [0.2, 0.25) is 0 Å². The van der Waals surface area contributed by atoms with Crippen molar-refractivity contribution in [3.8, 4) is 11.1 Å². The zero-order chi connectivity index (χ0) is 34.7.